The Hall–Kier alpha value is -3.47. The number of aliphatic hydroxyl groups excluding tert-OH is 1. The number of urea groups is 1. The van der Waals surface area contributed by atoms with Crippen molar-refractivity contribution in [2.75, 3.05) is 42.9 Å². The highest BCUT2D eigenvalue weighted by Crippen LogP contribution is 2.41. The number of nitrogens with zero attached hydrogens (tertiary/aromatic N) is 3. The molecule has 29 heavy (non-hydrogen) atoms. The van der Waals surface area contributed by atoms with Crippen LogP contribution in [-0.2, 0) is 6.54 Å². The van der Waals surface area contributed by atoms with Gasteiger partial charge in [0.25, 0.3) is 0 Å². The maximum Gasteiger partial charge on any atom is 0.329 e. The minimum atomic E-state index is -1.08. The Morgan fingerprint density at radius 2 is 1.90 bits per heavy atom. The highest BCUT2D eigenvalue weighted by atomic mass is 19.1. The molecular formula is C18H19F2N5O4. The second kappa shape index (κ2) is 7.87. The fraction of sp³-hybridized carbons (Fsp3) is 0.278. The smallest absolute Gasteiger partial charge is 0.329 e. The quantitative estimate of drug-likeness (QED) is 0.628. The number of nitrogen functional groups attached to an aromatic ring is 1. The van der Waals surface area contributed by atoms with E-state index in [0.717, 1.165) is 22.1 Å². The number of rotatable bonds is 6. The van der Waals surface area contributed by atoms with Crippen LogP contribution in [-0.4, -0.2) is 49.7 Å². The van der Waals surface area contributed by atoms with Gasteiger partial charge in [0.15, 0.2) is 23.1 Å². The average molecular weight is 407 g/mol. The molecule has 9 nitrogen and oxygen atoms in total. The predicted molar refractivity (Wildman–Crippen MR) is 102 cm³/mol. The Kier molecular flexibility index (Phi) is 5.50. The van der Waals surface area contributed by atoms with Crippen molar-refractivity contribution in [3.05, 3.63) is 35.0 Å². The number of nitrogens with two attached hydrogens (primary N) is 1. The SMILES string of the molecule is COc1cc(OC)c(F)c(N2Cc3cnc(N)c(C=N)c3N(CCO)C2=O)c1F. The third-order valence-corrected chi connectivity index (χ3v) is 4.54. The van der Waals surface area contributed by atoms with Crippen LogP contribution in [0, 0.1) is 17.0 Å². The topological polar surface area (TPSA) is 125 Å². The molecule has 11 heteroatoms. The van der Waals surface area contributed by atoms with Gasteiger partial charge >= 0.3 is 6.03 Å². The van der Waals surface area contributed by atoms with Crippen molar-refractivity contribution in [1.29, 1.82) is 5.41 Å². The van der Waals surface area contributed by atoms with Gasteiger partial charge in [-0.2, -0.15) is 0 Å². The Balaban J connectivity index is 2.24. The molecule has 2 amide bonds. The van der Waals surface area contributed by atoms with Crippen LogP contribution in [0.5, 0.6) is 11.5 Å². The van der Waals surface area contributed by atoms with Crippen LogP contribution in [0.2, 0.25) is 0 Å². The molecule has 2 aromatic rings. The Morgan fingerprint density at radius 3 is 2.41 bits per heavy atom. The summed E-state index contributed by atoms with van der Waals surface area (Å²) in [6.07, 6.45) is 2.29. The fourth-order valence-corrected chi connectivity index (χ4v) is 3.22. The summed E-state index contributed by atoms with van der Waals surface area (Å²) in [5, 5.41) is 17.0. The molecule has 2 heterocycles. The fourth-order valence-electron chi connectivity index (χ4n) is 3.22. The standard InChI is InChI=1S/C18H19F2N5O4/c1-28-11-5-12(29-2)14(20)16(13(11)19)25-8-9-7-23-17(22)10(6-21)15(9)24(3-4-26)18(25)27/h5-7,21,26H,3-4,8H2,1-2H3,(H2,22,23). The number of hydrogen-bond acceptors (Lipinski definition) is 7. The largest absolute Gasteiger partial charge is 0.493 e. The highest BCUT2D eigenvalue weighted by Gasteiger charge is 2.37. The normalized spacial score (nSPS) is 13.3. The third-order valence-electron chi connectivity index (χ3n) is 4.54. The van der Waals surface area contributed by atoms with E-state index in [0.29, 0.717) is 5.56 Å². The first-order valence-electron chi connectivity index (χ1n) is 8.47. The molecule has 0 aliphatic carbocycles. The number of anilines is 3. The zero-order chi connectivity index (χ0) is 21.3. The average Bonchev–Trinajstić information content (AvgIpc) is 2.71. The summed E-state index contributed by atoms with van der Waals surface area (Å²) in [5.74, 6) is -2.75. The number of ether oxygens (including phenoxy) is 2. The van der Waals surface area contributed by atoms with Gasteiger partial charge in [-0.25, -0.2) is 18.6 Å². The second-order valence-corrected chi connectivity index (χ2v) is 6.08. The lowest BCUT2D eigenvalue weighted by Gasteiger charge is -2.38. The highest BCUT2D eigenvalue weighted by molar-refractivity contribution is 6.10. The van der Waals surface area contributed by atoms with Crippen LogP contribution in [0.15, 0.2) is 12.3 Å². The molecule has 0 radical (unpaired) electrons. The van der Waals surface area contributed by atoms with Gasteiger partial charge < -0.3 is 25.7 Å². The minimum absolute atomic E-state index is 0.0170. The summed E-state index contributed by atoms with van der Waals surface area (Å²) in [7, 11) is 2.40. The number of amides is 2. The molecule has 0 fully saturated rings. The Bertz CT molecular complexity index is 957. The van der Waals surface area contributed by atoms with Crippen LogP contribution in [0.4, 0.5) is 30.8 Å². The number of hydrogen-bond donors (Lipinski definition) is 3. The number of fused-ring (bicyclic) bond motifs is 1. The minimum Gasteiger partial charge on any atom is -0.493 e. The molecule has 0 saturated heterocycles. The zero-order valence-corrected chi connectivity index (χ0v) is 15.7. The number of β-amino-alcohol motifs (C(OH)–C–C–N with tert-alkyl or cyclic N) is 1. The number of methoxy groups -OCH3 is 2. The number of benzene rings is 1. The van der Waals surface area contributed by atoms with E-state index in [-0.39, 0.29) is 41.7 Å². The predicted octanol–water partition coefficient (Wildman–Crippen LogP) is 1.90. The summed E-state index contributed by atoms with van der Waals surface area (Å²) in [6, 6.07) is 0.227. The summed E-state index contributed by atoms with van der Waals surface area (Å²) in [5.41, 5.74) is 5.97. The second-order valence-electron chi connectivity index (χ2n) is 6.08. The molecular weight excluding hydrogens is 388 g/mol. The van der Waals surface area contributed by atoms with Gasteiger partial charge in [0.1, 0.15) is 11.5 Å². The molecule has 0 spiro atoms. The lowest BCUT2D eigenvalue weighted by Crippen LogP contribution is -2.49. The van der Waals surface area contributed by atoms with Crippen molar-refractivity contribution in [1.82, 2.24) is 4.98 Å². The number of carbonyl (C=O) groups excluding carboxylic acids is 1. The molecule has 1 aromatic carbocycles. The van der Waals surface area contributed by atoms with Gasteiger partial charge in [-0.15, -0.1) is 0 Å². The Labute approximate surface area is 164 Å². The Morgan fingerprint density at radius 1 is 1.28 bits per heavy atom. The van der Waals surface area contributed by atoms with Crippen LogP contribution in [0.25, 0.3) is 0 Å². The van der Waals surface area contributed by atoms with Crippen LogP contribution < -0.4 is 25.0 Å². The van der Waals surface area contributed by atoms with E-state index in [1.165, 1.54) is 20.4 Å². The van der Waals surface area contributed by atoms with Gasteiger partial charge in [-0.05, 0) is 0 Å². The van der Waals surface area contributed by atoms with Crippen LogP contribution >= 0.6 is 0 Å². The van der Waals surface area contributed by atoms with E-state index >= 15 is 0 Å². The zero-order valence-electron chi connectivity index (χ0n) is 15.7. The molecule has 3 rings (SSSR count). The van der Waals surface area contributed by atoms with E-state index in [1.807, 2.05) is 0 Å². The number of halogens is 2. The molecule has 1 aliphatic rings. The van der Waals surface area contributed by atoms with Gasteiger partial charge in [-0.1, -0.05) is 0 Å². The van der Waals surface area contributed by atoms with Gasteiger partial charge in [-0.3, -0.25) is 9.80 Å². The third kappa shape index (κ3) is 3.18. The van der Waals surface area contributed by atoms with Crippen molar-refractivity contribution in [2.45, 2.75) is 6.54 Å². The number of aromatic nitrogens is 1. The summed E-state index contributed by atoms with van der Waals surface area (Å²) in [6.45, 7) is -0.851. The lowest BCUT2D eigenvalue weighted by molar-refractivity contribution is 0.244. The first kappa shape index (κ1) is 20.3. The number of nitrogens with one attached hydrogen (secondary N) is 1. The molecule has 0 bridgehead atoms. The summed E-state index contributed by atoms with van der Waals surface area (Å²) >= 11 is 0. The van der Waals surface area contributed by atoms with E-state index < -0.39 is 30.0 Å². The van der Waals surface area contributed by atoms with Gasteiger partial charge in [0.2, 0.25) is 0 Å². The molecule has 0 saturated carbocycles. The van der Waals surface area contributed by atoms with Gasteiger partial charge in [0.05, 0.1) is 45.2 Å². The van der Waals surface area contributed by atoms with Crippen molar-refractivity contribution in [3.63, 3.8) is 0 Å². The molecule has 0 unspecified atom stereocenters. The molecule has 154 valence electrons. The van der Waals surface area contributed by atoms with E-state index in [9.17, 15) is 18.7 Å². The summed E-state index contributed by atoms with van der Waals surface area (Å²) in [4.78, 5) is 19.1. The van der Waals surface area contributed by atoms with Gasteiger partial charge in [0, 0.05) is 24.0 Å². The van der Waals surface area contributed by atoms with Crippen LogP contribution in [0.3, 0.4) is 0 Å². The molecule has 4 N–H and O–H groups in total. The van der Waals surface area contributed by atoms with Crippen molar-refractivity contribution in [2.24, 2.45) is 0 Å². The molecule has 0 atom stereocenters. The van der Waals surface area contributed by atoms with E-state index in [2.05, 4.69) is 4.98 Å². The maximum atomic E-state index is 15.0. The molecule has 1 aliphatic heterocycles. The summed E-state index contributed by atoms with van der Waals surface area (Å²) < 4.78 is 39.8. The number of aliphatic hydroxyl groups is 1. The van der Waals surface area contributed by atoms with E-state index in [4.69, 9.17) is 20.6 Å². The number of pyridine rings is 1. The van der Waals surface area contributed by atoms with Crippen molar-refractivity contribution < 1.29 is 28.2 Å². The first-order chi connectivity index (χ1) is 13.9. The van der Waals surface area contributed by atoms with E-state index in [1.54, 1.807) is 0 Å². The van der Waals surface area contributed by atoms with Crippen molar-refractivity contribution >= 4 is 29.4 Å². The maximum absolute atomic E-state index is 15.0. The first-order valence-corrected chi connectivity index (χ1v) is 8.47. The monoisotopic (exact) mass is 407 g/mol. The lowest BCUT2D eigenvalue weighted by atomic mass is 10.0. The number of carbonyl (C=O) groups is 1. The van der Waals surface area contributed by atoms with Crippen LogP contribution in [0.1, 0.15) is 11.1 Å². The van der Waals surface area contributed by atoms with Crippen molar-refractivity contribution in [3.8, 4) is 11.5 Å². The molecule has 1 aromatic heterocycles.